The Labute approximate surface area is 192 Å². The molecule has 0 radical (unpaired) electrons. The molecule has 5 nitrogen and oxygen atoms in total. The molecular formula is C21H27F3IN3O2. The maximum atomic E-state index is 12.1. The summed E-state index contributed by atoms with van der Waals surface area (Å²) in [6.07, 6.45) is -3.48. The number of nitrogens with one attached hydrogen (secondary N) is 2. The topological polar surface area (TPSA) is 54.9 Å². The maximum Gasteiger partial charge on any atom is 0.411 e. The third-order valence-corrected chi connectivity index (χ3v) is 3.87. The average Bonchev–Trinajstić information content (AvgIpc) is 2.71. The van der Waals surface area contributed by atoms with E-state index in [1.54, 1.807) is 19.2 Å². The SMILES string of the molecule is CN=C(NCCCOc1ccccc1)NCc1ccc(COCC(F)(F)F)cc1.I. The second-order valence-corrected chi connectivity index (χ2v) is 6.29. The summed E-state index contributed by atoms with van der Waals surface area (Å²) >= 11 is 0. The minimum absolute atomic E-state index is 0. The Bertz CT molecular complexity index is 741. The Morgan fingerprint density at radius 1 is 0.967 bits per heavy atom. The van der Waals surface area contributed by atoms with Crippen LogP contribution in [-0.4, -0.2) is 38.9 Å². The highest BCUT2D eigenvalue weighted by atomic mass is 127. The summed E-state index contributed by atoms with van der Waals surface area (Å²) in [6.45, 7) is 0.550. The fraction of sp³-hybridized carbons (Fsp3) is 0.381. The van der Waals surface area contributed by atoms with Gasteiger partial charge in [0.1, 0.15) is 12.4 Å². The normalized spacial score (nSPS) is 11.5. The predicted octanol–water partition coefficient (Wildman–Crippen LogP) is 4.52. The molecule has 0 atom stereocenters. The van der Waals surface area contributed by atoms with E-state index in [1.807, 2.05) is 42.5 Å². The van der Waals surface area contributed by atoms with Gasteiger partial charge in [0, 0.05) is 20.1 Å². The van der Waals surface area contributed by atoms with Crippen molar-refractivity contribution in [1.82, 2.24) is 10.6 Å². The van der Waals surface area contributed by atoms with Crippen molar-refractivity contribution >= 4 is 29.9 Å². The van der Waals surface area contributed by atoms with Crippen LogP contribution < -0.4 is 15.4 Å². The van der Waals surface area contributed by atoms with Gasteiger partial charge in [-0.2, -0.15) is 13.2 Å². The number of aliphatic imine (C=N–C) groups is 1. The van der Waals surface area contributed by atoms with Gasteiger partial charge in [-0.3, -0.25) is 4.99 Å². The van der Waals surface area contributed by atoms with E-state index in [4.69, 9.17) is 4.74 Å². The molecule has 0 aliphatic carbocycles. The highest BCUT2D eigenvalue weighted by Gasteiger charge is 2.27. The van der Waals surface area contributed by atoms with Gasteiger partial charge < -0.3 is 20.1 Å². The quantitative estimate of drug-likeness (QED) is 0.203. The third kappa shape index (κ3) is 11.2. The number of ether oxygens (including phenoxy) is 2. The number of halogens is 4. The van der Waals surface area contributed by atoms with Crippen LogP contribution in [0.25, 0.3) is 0 Å². The van der Waals surface area contributed by atoms with Crippen LogP contribution in [0.5, 0.6) is 5.75 Å². The van der Waals surface area contributed by atoms with Crippen molar-refractivity contribution in [2.45, 2.75) is 25.7 Å². The standard InChI is InChI=1S/C21H26F3N3O2.HI/c1-25-20(26-12-5-13-29-19-6-3-2-4-7-19)27-14-17-8-10-18(11-9-17)15-28-16-21(22,23)24;/h2-4,6-11H,5,12-16H2,1H3,(H2,25,26,27);1H. The number of nitrogens with zero attached hydrogens (tertiary/aromatic N) is 1. The van der Waals surface area contributed by atoms with Crippen molar-refractivity contribution in [2.75, 3.05) is 26.8 Å². The Balaban J connectivity index is 0.00000450. The molecule has 2 N–H and O–H groups in total. The molecule has 0 aromatic heterocycles. The van der Waals surface area contributed by atoms with Gasteiger partial charge in [0.05, 0.1) is 13.2 Å². The molecule has 0 bridgehead atoms. The lowest BCUT2D eigenvalue weighted by atomic mass is 10.1. The summed E-state index contributed by atoms with van der Waals surface area (Å²) in [5.74, 6) is 1.52. The number of benzene rings is 2. The summed E-state index contributed by atoms with van der Waals surface area (Å²) in [6, 6.07) is 16.8. The van der Waals surface area contributed by atoms with Crippen molar-refractivity contribution in [2.24, 2.45) is 4.99 Å². The van der Waals surface area contributed by atoms with E-state index in [0.29, 0.717) is 31.2 Å². The molecule has 0 fully saturated rings. The van der Waals surface area contributed by atoms with E-state index >= 15 is 0 Å². The van der Waals surface area contributed by atoms with Gasteiger partial charge in [-0.15, -0.1) is 24.0 Å². The van der Waals surface area contributed by atoms with Crippen LogP contribution in [0.4, 0.5) is 13.2 Å². The van der Waals surface area contributed by atoms with Crippen LogP contribution in [0, 0.1) is 0 Å². The van der Waals surface area contributed by atoms with Crippen molar-refractivity contribution in [3.8, 4) is 5.75 Å². The fourth-order valence-corrected chi connectivity index (χ4v) is 2.43. The molecule has 2 aromatic carbocycles. The zero-order valence-corrected chi connectivity index (χ0v) is 19.1. The van der Waals surface area contributed by atoms with Crippen LogP contribution in [0.2, 0.25) is 0 Å². The molecule has 0 saturated heterocycles. The number of alkyl halides is 3. The van der Waals surface area contributed by atoms with E-state index in [1.165, 1.54) is 0 Å². The Morgan fingerprint density at radius 3 is 2.27 bits per heavy atom. The zero-order valence-electron chi connectivity index (χ0n) is 16.7. The lowest BCUT2D eigenvalue weighted by molar-refractivity contribution is -0.176. The van der Waals surface area contributed by atoms with Crippen molar-refractivity contribution in [3.63, 3.8) is 0 Å². The molecular weight excluding hydrogens is 510 g/mol. The van der Waals surface area contributed by atoms with E-state index in [0.717, 1.165) is 17.7 Å². The maximum absolute atomic E-state index is 12.1. The zero-order chi connectivity index (χ0) is 21.0. The molecule has 0 heterocycles. The largest absolute Gasteiger partial charge is 0.494 e. The van der Waals surface area contributed by atoms with Crippen LogP contribution in [0.3, 0.4) is 0 Å². The molecule has 0 spiro atoms. The predicted molar refractivity (Wildman–Crippen MR) is 122 cm³/mol. The summed E-state index contributed by atoms with van der Waals surface area (Å²) in [5, 5.41) is 6.41. The first-order chi connectivity index (χ1) is 14.0. The summed E-state index contributed by atoms with van der Waals surface area (Å²) < 4.78 is 46.5. The molecule has 2 aromatic rings. The number of rotatable bonds is 10. The van der Waals surface area contributed by atoms with E-state index in [2.05, 4.69) is 20.4 Å². The number of guanidine groups is 1. The van der Waals surface area contributed by atoms with E-state index < -0.39 is 12.8 Å². The van der Waals surface area contributed by atoms with Crippen molar-refractivity contribution < 1.29 is 22.6 Å². The molecule has 0 aliphatic rings. The molecule has 0 aliphatic heterocycles. The van der Waals surface area contributed by atoms with E-state index in [-0.39, 0.29) is 30.6 Å². The lowest BCUT2D eigenvalue weighted by Gasteiger charge is -2.13. The van der Waals surface area contributed by atoms with Crippen LogP contribution in [0.15, 0.2) is 59.6 Å². The van der Waals surface area contributed by atoms with E-state index in [9.17, 15) is 13.2 Å². The number of hydrogen-bond donors (Lipinski definition) is 2. The lowest BCUT2D eigenvalue weighted by Crippen LogP contribution is -2.37. The number of hydrogen-bond acceptors (Lipinski definition) is 3. The summed E-state index contributed by atoms with van der Waals surface area (Å²) in [7, 11) is 1.69. The molecule has 2 rings (SSSR count). The second kappa shape index (κ2) is 14.1. The number of para-hydroxylation sites is 1. The molecule has 30 heavy (non-hydrogen) atoms. The summed E-state index contributed by atoms with van der Waals surface area (Å²) in [4.78, 5) is 4.17. The monoisotopic (exact) mass is 537 g/mol. The van der Waals surface area contributed by atoms with Gasteiger partial charge in [-0.05, 0) is 29.7 Å². The Hall–Kier alpha value is -2.01. The minimum Gasteiger partial charge on any atom is -0.494 e. The van der Waals surface area contributed by atoms with Gasteiger partial charge >= 0.3 is 6.18 Å². The van der Waals surface area contributed by atoms with Gasteiger partial charge in [-0.25, -0.2) is 0 Å². The first-order valence-electron chi connectivity index (χ1n) is 9.31. The Kier molecular flexibility index (Phi) is 12.2. The second-order valence-electron chi connectivity index (χ2n) is 6.29. The highest BCUT2D eigenvalue weighted by Crippen LogP contribution is 2.15. The molecule has 0 amide bonds. The van der Waals surface area contributed by atoms with Crippen LogP contribution in [0.1, 0.15) is 17.5 Å². The first kappa shape index (κ1) is 26.0. The van der Waals surface area contributed by atoms with Gasteiger partial charge in [0.2, 0.25) is 0 Å². The third-order valence-electron chi connectivity index (χ3n) is 3.87. The van der Waals surface area contributed by atoms with Crippen molar-refractivity contribution in [3.05, 3.63) is 65.7 Å². The van der Waals surface area contributed by atoms with Crippen LogP contribution >= 0.6 is 24.0 Å². The average molecular weight is 537 g/mol. The Morgan fingerprint density at radius 2 is 1.63 bits per heavy atom. The molecule has 0 saturated carbocycles. The van der Waals surface area contributed by atoms with Gasteiger partial charge in [0.15, 0.2) is 5.96 Å². The molecule has 0 unspecified atom stereocenters. The van der Waals surface area contributed by atoms with Crippen molar-refractivity contribution in [1.29, 1.82) is 0 Å². The minimum atomic E-state index is -4.31. The summed E-state index contributed by atoms with van der Waals surface area (Å²) in [5.41, 5.74) is 1.68. The highest BCUT2D eigenvalue weighted by molar-refractivity contribution is 14.0. The smallest absolute Gasteiger partial charge is 0.411 e. The molecule has 166 valence electrons. The van der Waals surface area contributed by atoms with Crippen LogP contribution in [-0.2, 0) is 17.9 Å². The van der Waals surface area contributed by atoms with Gasteiger partial charge in [0.25, 0.3) is 0 Å². The molecule has 9 heteroatoms. The van der Waals surface area contributed by atoms with Gasteiger partial charge in [-0.1, -0.05) is 42.5 Å². The first-order valence-corrected chi connectivity index (χ1v) is 9.31. The fourth-order valence-electron chi connectivity index (χ4n) is 2.43.